The summed E-state index contributed by atoms with van der Waals surface area (Å²) in [6, 6.07) is 5.48. The van der Waals surface area contributed by atoms with Gasteiger partial charge in [0.1, 0.15) is 11.8 Å². The second kappa shape index (κ2) is 9.52. The first-order valence-electron chi connectivity index (χ1n) is 14.3. The van der Waals surface area contributed by atoms with Gasteiger partial charge in [0.05, 0.1) is 14.6 Å². The van der Waals surface area contributed by atoms with E-state index < -0.39 is 55.3 Å². The Morgan fingerprint density at radius 3 is 2.85 bits per heavy atom. The van der Waals surface area contributed by atoms with Crippen LogP contribution in [-0.2, 0) is 33.9 Å². The van der Waals surface area contributed by atoms with Crippen molar-refractivity contribution >= 4 is 23.4 Å². The number of piperidine rings is 1. The molecule has 2 aromatic carbocycles. The Hall–Kier alpha value is -3.30. The molecule has 8 nitrogen and oxygen atoms in total. The van der Waals surface area contributed by atoms with Crippen LogP contribution in [0.3, 0.4) is 0 Å². The molecule has 0 aliphatic carbocycles. The summed E-state index contributed by atoms with van der Waals surface area (Å²) < 4.78 is 78.2. The quantitative estimate of drug-likeness (QED) is 0.624. The predicted octanol–water partition coefficient (Wildman–Crippen LogP) is 2.03. The van der Waals surface area contributed by atoms with Crippen molar-refractivity contribution in [2.45, 2.75) is 38.4 Å². The summed E-state index contributed by atoms with van der Waals surface area (Å²) in [5.74, 6) is -4.55. The molecule has 9 heteroatoms. The fourth-order valence-corrected chi connectivity index (χ4v) is 4.04. The molecule has 0 radical (unpaired) electrons. The Balaban J connectivity index is 1.37. The Bertz CT molecular complexity index is 1440. The highest BCUT2D eigenvalue weighted by Gasteiger charge is 2.39. The van der Waals surface area contributed by atoms with E-state index >= 15 is 4.39 Å². The van der Waals surface area contributed by atoms with Crippen LogP contribution in [0.2, 0.25) is 0 Å². The number of carbonyl (C=O) groups excluding carboxylic acids is 3. The molecule has 0 aromatic heterocycles. The van der Waals surface area contributed by atoms with E-state index in [1.165, 1.54) is 24.3 Å². The lowest BCUT2D eigenvalue weighted by atomic mass is 10.0. The van der Waals surface area contributed by atoms with Crippen molar-refractivity contribution in [3.63, 3.8) is 0 Å². The Morgan fingerprint density at radius 1 is 1.24 bits per heavy atom. The van der Waals surface area contributed by atoms with Crippen LogP contribution in [0.25, 0.3) is 0 Å². The molecule has 0 spiro atoms. The first-order valence-corrected chi connectivity index (χ1v) is 10.8. The number of hydrogen-bond acceptors (Lipinski definition) is 6. The second-order valence-corrected chi connectivity index (χ2v) is 7.98. The van der Waals surface area contributed by atoms with Crippen LogP contribution < -0.4 is 10.6 Å². The van der Waals surface area contributed by atoms with Gasteiger partial charge < -0.3 is 15.0 Å². The summed E-state index contributed by atoms with van der Waals surface area (Å²) in [7, 11) is 0. The van der Waals surface area contributed by atoms with Crippen molar-refractivity contribution in [2.75, 3.05) is 31.6 Å². The summed E-state index contributed by atoms with van der Waals surface area (Å²) in [5, 5.41) is 4.69. The Morgan fingerprint density at radius 2 is 2.06 bits per heavy atom. The average Bonchev–Trinajstić information content (AvgIpc) is 3.28. The maximum Gasteiger partial charge on any atom is 0.255 e. The van der Waals surface area contributed by atoms with Crippen LogP contribution in [0.4, 0.5) is 10.1 Å². The maximum absolute atomic E-state index is 15.1. The van der Waals surface area contributed by atoms with E-state index in [0.29, 0.717) is 36.9 Å². The molecule has 1 atom stereocenters. The predicted molar refractivity (Wildman–Crippen MR) is 122 cm³/mol. The van der Waals surface area contributed by atoms with Crippen LogP contribution in [0, 0.1) is 5.82 Å². The van der Waals surface area contributed by atoms with Gasteiger partial charge in [0.15, 0.2) is 0 Å². The Kier molecular flexibility index (Phi) is 4.36. The highest BCUT2D eigenvalue weighted by molar-refractivity contribution is 6.06. The molecule has 5 rings (SSSR count). The van der Waals surface area contributed by atoms with Crippen LogP contribution in [0.1, 0.15) is 49.4 Å². The van der Waals surface area contributed by atoms with Gasteiger partial charge in [-0.15, -0.1) is 0 Å². The van der Waals surface area contributed by atoms with Gasteiger partial charge in [0.25, 0.3) is 5.91 Å². The molecule has 2 N–H and O–H groups in total. The molecule has 3 heterocycles. The van der Waals surface area contributed by atoms with Gasteiger partial charge in [0, 0.05) is 69.7 Å². The fourth-order valence-electron chi connectivity index (χ4n) is 4.04. The zero-order chi connectivity index (χ0) is 30.0. The number of morpholine rings is 1. The highest BCUT2D eigenvalue weighted by Crippen LogP contribution is 2.32. The smallest absolute Gasteiger partial charge is 0.255 e. The number of ether oxygens (including phenoxy) is 1. The molecule has 34 heavy (non-hydrogen) atoms. The SMILES string of the molecule is [2H]C([2H])(c1ccc(CNc2cccc3c2CN(C2([2H])C(=O)NC(=O)C([2H])([2H])C2([2H])[2H])C3=O)c(F)c1)N1CCOCC1. The van der Waals surface area contributed by atoms with Crippen molar-refractivity contribution in [3.05, 3.63) is 64.5 Å². The summed E-state index contributed by atoms with van der Waals surface area (Å²) in [6.45, 7) is -0.905. The van der Waals surface area contributed by atoms with E-state index in [4.69, 9.17) is 14.3 Å². The van der Waals surface area contributed by atoms with Crippen LogP contribution >= 0.6 is 0 Å². The standard InChI is InChI=1S/C25H27FN4O4/c26-20-12-16(14-29-8-10-34-11-9-29)4-5-17(20)13-27-21-3-1-2-18-19(21)15-30(25(18)33)22-6-7-23(31)28-24(22)32/h1-5,12,22,27H,6-11,13-15H2,(H,28,31,32)/i6D2,7D2,14D2,22D. The van der Waals surface area contributed by atoms with Crippen LogP contribution in [0.15, 0.2) is 36.4 Å². The number of carbonyl (C=O) groups is 3. The topological polar surface area (TPSA) is 91.0 Å². The van der Waals surface area contributed by atoms with Gasteiger partial charge in [-0.05, 0) is 30.1 Å². The minimum absolute atomic E-state index is 0.0391. The second-order valence-electron chi connectivity index (χ2n) is 7.98. The largest absolute Gasteiger partial charge is 0.381 e. The number of nitrogens with zero attached hydrogens (tertiary/aromatic N) is 2. The molecule has 2 aromatic rings. The zero-order valence-electron chi connectivity index (χ0n) is 25.1. The monoisotopic (exact) mass is 473 g/mol. The summed E-state index contributed by atoms with van der Waals surface area (Å²) in [6.07, 6.45) is -6.67. The lowest BCUT2D eigenvalue weighted by molar-refractivity contribution is -0.136. The molecular formula is C25H27FN4O4. The van der Waals surface area contributed by atoms with Crippen LogP contribution in [-0.4, -0.2) is 59.8 Å². The maximum atomic E-state index is 15.1. The van der Waals surface area contributed by atoms with Gasteiger partial charge in [-0.3, -0.25) is 24.6 Å². The number of anilines is 1. The number of fused-ring (bicyclic) bond motifs is 1. The minimum atomic E-state index is -3.39. The van der Waals surface area contributed by atoms with E-state index in [-0.39, 0.29) is 28.8 Å². The lowest BCUT2D eigenvalue weighted by Gasteiger charge is -2.29. The fraction of sp³-hybridized carbons (Fsp3) is 0.400. The first-order chi connectivity index (χ1) is 19.1. The van der Waals surface area contributed by atoms with Crippen molar-refractivity contribution in [3.8, 4) is 0 Å². The van der Waals surface area contributed by atoms with E-state index in [1.807, 2.05) is 0 Å². The van der Waals surface area contributed by atoms with Crippen LogP contribution in [0.5, 0.6) is 0 Å². The molecule has 3 aliphatic rings. The van der Waals surface area contributed by atoms with E-state index in [9.17, 15) is 14.4 Å². The minimum Gasteiger partial charge on any atom is -0.381 e. The molecule has 1 unspecified atom stereocenters. The van der Waals surface area contributed by atoms with Gasteiger partial charge in [-0.2, -0.15) is 0 Å². The van der Waals surface area contributed by atoms with Gasteiger partial charge in [-0.1, -0.05) is 18.2 Å². The number of halogens is 1. The molecular weight excluding hydrogens is 439 g/mol. The molecule has 3 amide bonds. The normalized spacial score (nSPS) is 29.5. The van der Waals surface area contributed by atoms with E-state index in [1.54, 1.807) is 16.3 Å². The third-order valence-electron chi connectivity index (χ3n) is 5.79. The molecule has 0 saturated carbocycles. The van der Waals surface area contributed by atoms with Crippen molar-refractivity contribution in [1.29, 1.82) is 0 Å². The Labute approximate surface area is 206 Å². The van der Waals surface area contributed by atoms with Crippen molar-refractivity contribution < 1.29 is 33.1 Å². The van der Waals surface area contributed by atoms with Crippen molar-refractivity contribution in [2.24, 2.45) is 0 Å². The molecule has 178 valence electrons. The van der Waals surface area contributed by atoms with Gasteiger partial charge in [-0.25, -0.2) is 4.39 Å². The number of amides is 3. The van der Waals surface area contributed by atoms with Gasteiger partial charge in [0.2, 0.25) is 11.8 Å². The molecule has 2 saturated heterocycles. The zero-order valence-corrected chi connectivity index (χ0v) is 18.1. The molecule has 2 fully saturated rings. The molecule has 0 bridgehead atoms. The summed E-state index contributed by atoms with van der Waals surface area (Å²) >= 11 is 0. The average molecular weight is 474 g/mol. The first kappa shape index (κ1) is 15.6. The highest BCUT2D eigenvalue weighted by atomic mass is 19.1. The number of nitrogens with one attached hydrogen (secondary N) is 2. The van der Waals surface area contributed by atoms with E-state index in [2.05, 4.69) is 5.32 Å². The summed E-state index contributed by atoms with van der Waals surface area (Å²) in [4.78, 5) is 40.2. The van der Waals surface area contributed by atoms with E-state index in [0.717, 1.165) is 6.07 Å². The third kappa shape index (κ3) is 4.53. The lowest BCUT2D eigenvalue weighted by Crippen LogP contribution is -2.52. The number of benzene rings is 2. The number of rotatable bonds is 6. The van der Waals surface area contributed by atoms with Crippen molar-refractivity contribution in [1.82, 2.24) is 15.1 Å². The molecule has 3 aliphatic heterocycles. The third-order valence-corrected chi connectivity index (χ3v) is 5.79. The van der Waals surface area contributed by atoms with Gasteiger partial charge >= 0.3 is 0 Å². The number of hydrogen-bond donors (Lipinski definition) is 2. The number of imide groups is 1. The summed E-state index contributed by atoms with van der Waals surface area (Å²) in [5.41, 5.74) is 1.02.